The molecule has 0 aliphatic rings. The van der Waals surface area contributed by atoms with Gasteiger partial charge < -0.3 is 10.6 Å². The van der Waals surface area contributed by atoms with E-state index < -0.39 is 0 Å². The van der Waals surface area contributed by atoms with E-state index in [0.29, 0.717) is 12.5 Å². The number of aromatic nitrogens is 2. The Labute approximate surface area is 149 Å². The van der Waals surface area contributed by atoms with Crippen molar-refractivity contribution in [2.45, 2.75) is 34.2 Å². The summed E-state index contributed by atoms with van der Waals surface area (Å²) in [4.78, 5) is 9.06. The molecule has 25 heavy (non-hydrogen) atoms. The fourth-order valence-corrected chi connectivity index (χ4v) is 2.57. The second kappa shape index (κ2) is 7.34. The first-order valence-electron chi connectivity index (χ1n) is 8.49. The first kappa shape index (κ1) is 17.0. The number of nitrogens with zero attached hydrogens (tertiary/aromatic N) is 2. The fraction of sp³-hybridized carbons (Fsp3) is 0.238. The summed E-state index contributed by atoms with van der Waals surface area (Å²) in [5.74, 6) is 1.43. The van der Waals surface area contributed by atoms with Crippen LogP contribution >= 0.6 is 0 Å². The molecule has 0 radical (unpaired) electrons. The first-order valence-corrected chi connectivity index (χ1v) is 8.49. The van der Waals surface area contributed by atoms with Crippen molar-refractivity contribution in [3.8, 4) is 0 Å². The summed E-state index contributed by atoms with van der Waals surface area (Å²) in [7, 11) is 0. The predicted octanol–water partition coefficient (Wildman–Crippen LogP) is 5.07. The summed E-state index contributed by atoms with van der Waals surface area (Å²) in [5.41, 5.74) is 6.96. The van der Waals surface area contributed by atoms with Crippen LogP contribution < -0.4 is 10.6 Å². The number of benzene rings is 2. The van der Waals surface area contributed by atoms with Gasteiger partial charge in [-0.05, 0) is 56.5 Å². The smallest absolute Gasteiger partial charge is 0.225 e. The van der Waals surface area contributed by atoms with Gasteiger partial charge >= 0.3 is 0 Å². The summed E-state index contributed by atoms with van der Waals surface area (Å²) in [6.45, 7) is 8.99. The summed E-state index contributed by atoms with van der Waals surface area (Å²) < 4.78 is 0. The maximum Gasteiger partial charge on any atom is 0.225 e. The third kappa shape index (κ3) is 4.57. The molecule has 4 heteroatoms. The standard InChI is InChI=1S/C21H24N4/c1-14-5-8-18(9-6-14)13-22-21-23-17(4)12-20(25-21)24-19-10-7-15(2)16(3)11-19/h5-12H,13H2,1-4H3,(H2,22,23,24,25). The van der Waals surface area contributed by atoms with Crippen LogP contribution in [-0.4, -0.2) is 9.97 Å². The van der Waals surface area contributed by atoms with Crippen molar-refractivity contribution in [1.82, 2.24) is 9.97 Å². The Morgan fingerprint density at radius 3 is 2.28 bits per heavy atom. The number of hydrogen-bond acceptors (Lipinski definition) is 4. The van der Waals surface area contributed by atoms with Crippen LogP contribution in [0.5, 0.6) is 0 Å². The highest BCUT2D eigenvalue weighted by Gasteiger charge is 2.04. The molecule has 0 aliphatic carbocycles. The molecule has 2 aromatic carbocycles. The van der Waals surface area contributed by atoms with Gasteiger partial charge in [0.1, 0.15) is 5.82 Å². The van der Waals surface area contributed by atoms with Crippen LogP contribution in [0.2, 0.25) is 0 Å². The van der Waals surface area contributed by atoms with Crippen molar-refractivity contribution < 1.29 is 0 Å². The molecule has 0 atom stereocenters. The van der Waals surface area contributed by atoms with Crippen LogP contribution in [0.3, 0.4) is 0 Å². The maximum absolute atomic E-state index is 4.58. The molecule has 128 valence electrons. The van der Waals surface area contributed by atoms with Gasteiger partial charge in [0.15, 0.2) is 0 Å². The molecule has 3 rings (SSSR count). The van der Waals surface area contributed by atoms with Crippen molar-refractivity contribution in [3.05, 3.63) is 76.5 Å². The largest absolute Gasteiger partial charge is 0.350 e. The molecule has 0 bridgehead atoms. The van der Waals surface area contributed by atoms with Crippen LogP contribution in [0.25, 0.3) is 0 Å². The zero-order chi connectivity index (χ0) is 17.8. The lowest BCUT2D eigenvalue weighted by atomic mass is 10.1. The van der Waals surface area contributed by atoms with Gasteiger partial charge in [-0.2, -0.15) is 4.98 Å². The third-order valence-electron chi connectivity index (χ3n) is 4.20. The molecule has 0 spiro atoms. The first-order chi connectivity index (χ1) is 12.0. The van der Waals surface area contributed by atoms with E-state index in [2.05, 4.69) is 83.8 Å². The van der Waals surface area contributed by atoms with Gasteiger partial charge in [-0.15, -0.1) is 0 Å². The second-order valence-electron chi connectivity index (χ2n) is 6.48. The lowest BCUT2D eigenvalue weighted by Gasteiger charge is -2.11. The Hall–Kier alpha value is -2.88. The second-order valence-corrected chi connectivity index (χ2v) is 6.48. The minimum absolute atomic E-state index is 0.631. The number of anilines is 3. The van der Waals surface area contributed by atoms with Gasteiger partial charge in [0.2, 0.25) is 5.95 Å². The van der Waals surface area contributed by atoms with E-state index in [4.69, 9.17) is 0 Å². The van der Waals surface area contributed by atoms with Crippen LogP contribution in [-0.2, 0) is 6.54 Å². The molecule has 4 nitrogen and oxygen atoms in total. The lowest BCUT2D eigenvalue weighted by molar-refractivity contribution is 1.03. The molecule has 0 unspecified atom stereocenters. The SMILES string of the molecule is Cc1ccc(CNc2nc(C)cc(Nc3ccc(C)c(C)c3)n2)cc1. The van der Waals surface area contributed by atoms with Crippen molar-refractivity contribution >= 4 is 17.5 Å². The van der Waals surface area contributed by atoms with Gasteiger partial charge in [0, 0.05) is 24.0 Å². The van der Waals surface area contributed by atoms with Crippen LogP contribution in [0, 0.1) is 27.7 Å². The van der Waals surface area contributed by atoms with E-state index >= 15 is 0 Å². The minimum Gasteiger partial charge on any atom is -0.350 e. The molecule has 0 fully saturated rings. The maximum atomic E-state index is 4.58. The van der Waals surface area contributed by atoms with Crippen molar-refractivity contribution in [3.63, 3.8) is 0 Å². The third-order valence-corrected chi connectivity index (χ3v) is 4.20. The molecule has 1 aromatic heterocycles. The van der Waals surface area contributed by atoms with E-state index in [1.54, 1.807) is 0 Å². The monoisotopic (exact) mass is 332 g/mol. The van der Waals surface area contributed by atoms with Gasteiger partial charge in [0.05, 0.1) is 0 Å². The van der Waals surface area contributed by atoms with E-state index in [0.717, 1.165) is 17.2 Å². The Bertz CT molecular complexity index is 870. The Kier molecular flexibility index (Phi) is 4.98. The molecule has 1 heterocycles. The zero-order valence-electron chi connectivity index (χ0n) is 15.2. The molecule has 2 N–H and O–H groups in total. The van der Waals surface area contributed by atoms with E-state index in [-0.39, 0.29) is 0 Å². The molecular formula is C21H24N4. The lowest BCUT2D eigenvalue weighted by Crippen LogP contribution is -2.06. The minimum atomic E-state index is 0.631. The van der Waals surface area contributed by atoms with Crippen molar-refractivity contribution in [2.75, 3.05) is 10.6 Å². The Morgan fingerprint density at radius 1 is 0.800 bits per heavy atom. The molecule has 0 saturated carbocycles. The summed E-state index contributed by atoms with van der Waals surface area (Å²) in [6, 6.07) is 16.7. The van der Waals surface area contributed by atoms with E-state index in [9.17, 15) is 0 Å². The van der Waals surface area contributed by atoms with Crippen LogP contribution in [0.1, 0.15) is 27.9 Å². The number of rotatable bonds is 5. The topological polar surface area (TPSA) is 49.8 Å². The number of hydrogen-bond donors (Lipinski definition) is 2. The average molecular weight is 332 g/mol. The van der Waals surface area contributed by atoms with Gasteiger partial charge in [-0.25, -0.2) is 4.98 Å². The fourth-order valence-electron chi connectivity index (χ4n) is 2.57. The number of nitrogens with one attached hydrogen (secondary N) is 2. The van der Waals surface area contributed by atoms with Crippen LogP contribution in [0.15, 0.2) is 48.5 Å². The Morgan fingerprint density at radius 2 is 1.56 bits per heavy atom. The van der Waals surface area contributed by atoms with Gasteiger partial charge in [-0.1, -0.05) is 35.9 Å². The van der Waals surface area contributed by atoms with Crippen LogP contribution in [0.4, 0.5) is 17.5 Å². The highest BCUT2D eigenvalue weighted by atomic mass is 15.1. The molecule has 3 aromatic rings. The molecule has 0 amide bonds. The molecular weight excluding hydrogens is 308 g/mol. The number of aryl methyl sites for hydroxylation is 4. The Balaban J connectivity index is 1.73. The van der Waals surface area contributed by atoms with Gasteiger partial charge in [-0.3, -0.25) is 0 Å². The normalized spacial score (nSPS) is 10.6. The van der Waals surface area contributed by atoms with E-state index in [1.807, 2.05) is 13.0 Å². The summed E-state index contributed by atoms with van der Waals surface area (Å²) in [6.07, 6.45) is 0. The summed E-state index contributed by atoms with van der Waals surface area (Å²) >= 11 is 0. The van der Waals surface area contributed by atoms with E-state index in [1.165, 1.54) is 22.3 Å². The van der Waals surface area contributed by atoms with Crippen molar-refractivity contribution in [1.29, 1.82) is 0 Å². The highest BCUT2D eigenvalue weighted by molar-refractivity contribution is 5.59. The van der Waals surface area contributed by atoms with Gasteiger partial charge in [0.25, 0.3) is 0 Å². The molecule has 0 saturated heterocycles. The molecule has 0 aliphatic heterocycles. The zero-order valence-corrected chi connectivity index (χ0v) is 15.2. The summed E-state index contributed by atoms with van der Waals surface area (Å²) in [5, 5.41) is 6.67. The van der Waals surface area contributed by atoms with Crippen molar-refractivity contribution in [2.24, 2.45) is 0 Å². The predicted molar refractivity (Wildman–Crippen MR) is 104 cm³/mol. The highest BCUT2D eigenvalue weighted by Crippen LogP contribution is 2.20. The quantitative estimate of drug-likeness (QED) is 0.685. The average Bonchev–Trinajstić information content (AvgIpc) is 2.57.